The fourth-order valence-corrected chi connectivity index (χ4v) is 4.92. The molecule has 1 fully saturated rings. The predicted molar refractivity (Wildman–Crippen MR) is 114 cm³/mol. The highest BCUT2D eigenvalue weighted by Crippen LogP contribution is 2.36. The number of hydrogen-bond acceptors (Lipinski definition) is 2. The van der Waals surface area contributed by atoms with Crippen molar-refractivity contribution in [3.63, 3.8) is 0 Å². The zero-order valence-electron chi connectivity index (χ0n) is 15.5. The Hall–Kier alpha value is -1.36. The maximum absolute atomic E-state index is 13.4. The van der Waals surface area contributed by atoms with Crippen molar-refractivity contribution in [2.75, 3.05) is 18.0 Å². The molecule has 0 N–H and O–H groups in total. The molecule has 0 unspecified atom stereocenters. The van der Waals surface area contributed by atoms with Gasteiger partial charge in [-0.25, -0.2) is 0 Å². The molecule has 0 spiro atoms. The number of carbonyl (C=O) groups excluding carboxylic acids is 1. The van der Waals surface area contributed by atoms with Crippen LogP contribution in [0.1, 0.15) is 30.9 Å². The molecule has 0 saturated carbocycles. The molecular weight excluding hydrogens is 424 g/mol. The minimum atomic E-state index is 0.0723. The van der Waals surface area contributed by atoms with E-state index in [0.29, 0.717) is 0 Å². The highest BCUT2D eigenvalue weighted by atomic mass is 79.9. The van der Waals surface area contributed by atoms with Gasteiger partial charge < -0.3 is 4.90 Å². The smallest absolute Gasteiger partial charge is 0.231 e. The molecule has 142 valence electrons. The van der Waals surface area contributed by atoms with Gasteiger partial charge in [0.1, 0.15) is 0 Å². The second-order valence-corrected chi connectivity index (χ2v) is 9.09. The third kappa shape index (κ3) is 4.08. The molecule has 3 nitrogen and oxygen atoms in total. The molecule has 1 amide bonds. The van der Waals surface area contributed by atoms with Crippen molar-refractivity contribution >= 4 is 39.1 Å². The first-order valence-electron chi connectivity index (χ1n) is 9.59. The van der Waals surface area contributed by atoms with Crippen molar-refractivity contribution < 1.29 is 4.79 Å². The number of fused-ring (bicyclic) bond motifs is 1. The molecule has 2 aliphatic heterocycles. The van der Waals surface area contributed by atoms with Gasteiger partial charge in [-0.1, -0.05) is 39.7 Å². The summed E-state index contributed by atoms with van der Waals surface area (Å²) < 4.78 is 1.08. The minimum absolute atomic E-state index is 0.0723. The number of benzene rings is 2. The Labute approximate surface area is 174 Å². The molecular formula is C22H24BrClN2O. The first-order valence-corrected chi connectivity index (χ1v) is 10.8. The summed E-state index contributed by atoms with van der Waals surface area (Å²) in [5, 5.41) is 0.763. The lowest BCUT2D eigenvalue weighted by atomic mass is 9.95. The SMILES string of the molecule is C[C@H]1Cc2cc(Br)ccc2N1C(=O)[C@H]1CCCN(Cc2ccc(Cl)cc2)C1. The molecule has 0 aliphatic carbocycles. The number of halogens is 2. The molecule has 0 radical (unpaired) electrons. The van der Waals surface area contributed by atoms with Crippen LogP contribution in [-0.4, -0.2) is 29.9 Å². The molecule has 1 saturated heterocycles. The zero-order chi connectivity index (χ0) is 19.0. The van der Waals surface area contributed by atoms with Crippen molar-refractivity contribution in [3.8, 4) is 0 Å². The van der Waals surface area contributed by atoms with Gasteiger partial charge in [0.25, 0.3) is 0 Å². The summed E-state index contributed by atoms with van der Waals surface area (Å²) in [5.74, 6) is 0.354. The van der Waals surface area contributed by atoms with Gasteiger partial charge in [0.2, 0.25) is 5.91 Å². The number of hydrogen-bond donors (Lipinski definition) is 0. The standard InChI is InChI=1S/C22H24BrClN2O/c1-15-11-18-12-19(23)6-9-21(18)26(15)22(27)17-3-2-10-25(14-17)13-16-4-7-20(24)8-5-16/h4-9,12,15,17H,2-3,10-11,13-14H2,1H3/t15-,17-/m0/s1. The van der Waals surface area contributed by atoms with Gasteiger partial charge in [-0.15, -0.1) is 0 Å². The van der Waals surface area contributed by atoms with Gasteiger partial charge in [0, 0.05) is 34.3 Å². The number of nitrogens with zero attached hydrogens (tertiary/aromatic N) is 2. The van der Waals surface area contributed by atoms with Crippen LogP contribution in [0.3, 0.4) is 0 Å². The van der Waals surface area contributed by atoms with E-state index in [0.717, 1.165) is 54.1 Å². The average molecular weight is 448 g/mol. The Bertz CT molecular complexity index is 839. The summed E-state index contributed by atoms with van der Waals surface area (Å²) in [5.41, 5.74) is 3.60. The highest BCUT2D eigenvalue weighted by Gasteiger charge is 2.36. The molecule has 2 aromatic rings. The summed E-state index contributed by atoms with van der Waals surface area (Å²) in [4.78, 5) is 17.8. The molecule has 2 heterocycles. The average Bonchev–Trinajstić information content (AvgIpc) is 2.98. The summed E-state index contributed by atoms with van der Waals surface area (Å²) in [7, 11) is 0. The lowest BCUT2D eigenvalue weighted by molar-refractivity contribution is -0.124. The maximum atomic E-state index is 13.4. The number of piperidine rings is 1. The van der Waals surface area contributed by atoms with Crippen LogP contribution in [0.15, 0.2) is 46.9 Å². The molecule has 2 aromatic carbocycles. The van der Waals surface area contributed by atoms with Crippen molar-refractivity contribution in [2.24, 2.45) is 5.92 Å². The van der Waals surface area contributed by atoms with E-state index in [1.807, 2.05) is 23.1 Å². The van der Waals surface area contributed by atoms with Crippen LogP contribution < -0.4 is 4.90 Å². The van der Waals surface area contributed by atoms with Crippen molar-refractivity contribution in [1.29, 1.82) is 0 Å². The van der Waals surface area contributed by atoms with Crippen LogP contribution in [0.4, 0.5) is 5.69 Å². The number of carbonyl (C=O) groups is 1. The van der Waals surface area contributed by atoms with Crippen molar-refractivity contribution in [3.05, 3.63) is 63.1 Å². The third-order valence-corrected chi connectivity index (χ3v) is 6.41. The third-order valence-electron chi connectivity index (χ3n) is 5.67. The molecule has 2 aliphatic rings. The maximum Gasteiger partial charge on any atom is 0.231 e. The predicted octanol–water partition coefficient (Wildman–Crippen LogP) is 5.29. The largest absolute Gasteiger partial charge is 0.309 e. The molecule has 4 rings (SSSR count). The number of anilines is 1. The summed E-state index contributed by atoms with van der Waals surface area (Å²) in [6, 6.07) is 14.5. The molecule has 0 bridgehead atoms. The minimum Gasteiger partial charge on any atom is -0.309 e. The molecule has 27 heavy (non-hydrogen) atoms. The van der Waals surface area contributed by atoms with Gasteiger partial charge in [-0.05, 0) is 74.2 Å². The van der Waals surface area contributed by atoms with Gasteiger partial charge in [-0.3, -0.25) is 9.69 Å². The lowest BCUT2D eigenvalue weighted by Gasteiger charge is -2.35. The van der Waals surface area contributed by atoms with Crippen LogP contribution in [0.5, 0.6) is 0 Å². The fraction of sp³-hybridized carbons (Fsp3) is 0.409. The van der Waals surface area contributed by atoms with Crippen LogP contribution in [0.2, 0.25) is 5.02 Å². The van der Waals surface area contributed by atoms with Gasteiger partial charge >= 0.3 is 0 Å². The van der Waals surface area contributed by atoms with E-state index in [9.17, 15) is 4.79 Å². The second-order valence-electron chi connectivity index (χ2n) is 7.74. The Morgan fingerprint density at radius 2 is 2.00 bits per heavy atom. The second kappa shape index (κ2) is 7.94. The molecule has 2 atom stereocenters. The van der Waals surface area contributed by atoms with E-state index < -0.39 is 0 Å². The topological polar surface area (TPSA) is 23.6 Å². The van der Waals surface area contributed by atoms with E-state index >= 15 is 0 Å². The Balaban J connectivity index is 1.47. The summed E-state index contributed by atoms with van der Waals surface area (Å²) in [6.45, 7) is 4.90. The van der Waals surface area contributed by atoms with Crippen LogP contribution >= 0.6 is 27.5 Å². The zero-order valence-corrected chi connectivity index (χ0v) is 17.8. The summed E-state index contributed by atoms with van der Waals surface area (Å²) in [6.07, 6.45) is 2.98. The van der Waals surface area contributed by atoms with Crippen molar-refractivity contribution in [2.45, 2.75) is 38.8 Å². The first kappa shape index (κ1) is 19.0. The Kier molecular flexibility index (Phi) is 5.58. The monoisotopic (exact) mass is 446 g/mol. The fourth-order valence-electron chi connectivity index (χ4n) is 4.38. The van der Waals surface area contributed by atoms with Gasteiger partial charge in [-0.2, -0.15) is 0 Å². The van der Waals surface area contributed by atoms with E-state index in [-0.39, 0.29) is 17.9 Å². The molecule has 0 aromatic heterocycles. The normalized spacial score (nSPS) is 22.7. The van der Waals surface area contributed by atoms with Crippen LogP contribution in [-0.2, 0) is 17.8 Å². The highest BCUT2D eigenvalue weighted by molar-refractivity contribution is 9.10. The van der Waals surface area contributed by atoms with Crippen LogP contribution in [0.25, 0.3) is 0 Å². The number of amides is 1. The first-order chi connectivity index (χ1) is 13.0. The molecule has 5 heteroatoms. The Morgan fingerprint density at radius 1 is 1.22 bits per heavy atom. The van der Waals surface area contributed by atoms with Gasteiger partial charge in [0.05, 0.1) is 5.92 Å². The Morgan fingerprint density at radius 3 is 2.78 bits per heavy atom. The van der Waals surface area contributed by atoms with E-state index in [1.54, 1.807) is 0 Å². The lowest BCUT2D eigenvalue weighted by Crippen LogP contribution is -2.46. The van der Waals surface area contributed by atoms with Gasteiger partial charge in [0.15, 0.2) is 0 Å². The number of likely N-dealkylation sites (tertiary alicyclic amines) is 1. The quantitative estimate of drug-likeness (QED) is 0.638. The van der Waals surface area contributed by atoms with E-state index in [1.165, 1.54) is 11.1 Å². The van der Waals surface area contributed by atoms with E-state index in [2.05, 4.69) is 52.0 Å². The summed E-state index contributed by atoms with van der Waals surface area (Å²) >= 11 is 9.53. The number of rotatable bonds is 3. The van der Waals surface area contributed by atoms with Crippen molar-refractivity contribution in [1.82, 2.24) is 4.90 Å². The van der Waals surface area contributed by atoms with Crippen LogP contribution in [0, 0.1) is 5.92 Å². The van der Waals surface area contributed by atoms with E-state index in [4.69, 9.17) is 11.6 Å².